The summed E-state index contributed by atoms with van der Waals surface area (Å²) in [5.41, 5.74) is 1.58. The van der Waals surface area contributed by atoms with Gasteiger partial charge in [-0.3, -0.25) is 4.79 Å². The normalized spacial score (nSPS) is 26.4. The molecule has 1 N–H and O–H groups in total. The first-order chi connectivity index (χ1) is 10.4. The average molecular weight is 324 g/mol. The Hall–Kier alpha value is -1.44. The zero-order valence-corrected chi connectivity index (χ0v) is 13.5. The molecular weight excluding hydrogens is 304 g/mol. The number of hydrogen-bond donors (Lipinski definition) is 1. The van der Waals surface area contributed by atoms with Crippen molar-refractivity contribution in [3.8, 4) is 0 Å². The van der Waals surface area contributed by atoms with Gasteiger partial charge in [0, 0.05) is 24.7 Å². The second-order valence-corrected chi connectivity index (χ2v) is 7.83. The van der Waals surface area contributed by atoms with E-state index in [-0.39, 0.29) is 22.9 Å². The average Bonchev–Trinajstić information content (AvgIpc) is 2.49. The first-order valence-corrected chi connectivity index (χ1v) is 8.88. The third kappa shape index (κ3) is 2.76. The van der Waals surface area contributed by atoms with Crippen molar-refractivity contribution in [1.29, 1.82) is 0 Å². The van der Waals surface area contributed by atoms with Crippen LogP contribution in [0.25, 0.3) is 0 Å². The maximum atomic E-state index is 12.9. The van der Waals surface area contributed by atoms with E-state index >= 15 is 0 Å². The lowest BCUT2D eigenvalue weighted by atomic mass is 10.0. The molecule has 1 amide bonds. The molecule has 1 fully saturated rings. The van der Waals surface area contributed by atoms with Gasteiger partial charge in [-0.15, -0.1) is 0 Å². The summed E-state index contributed by atoms with van der Waals surface area (Å²) in [5, 5.41) is 2.77. The number of anilines is 1. The minimum atomic E-state index is -3.55. The molecule has 2 aliphatic rings. The van der Waals surface area contributed by atoms with Crippen molar-refractivity contribution in [2.24, 2.45) is 0 Å². The van der Waals surface area contributed by atoms with E-state index in [0.717, 1.165) is 5.56 Å². The molecule has 0 radical (unpaired) electrons. The van der Waals surface area contributed by atoms with Gasteiger partial charge < -0.3 is 10.1 Å². The van der Waals surface area contributed by atoms with Gasteiger partial charge in [0.15, 0.2) is 0 Å². The van der Waals surface area contributed by atoms with Crippen LogP contribution in [0.3, 0.4) is 0 Å². The number of amides is 1. The standard InChI is InChI=1S/C15H20N2O4S/c1-10-9-21-11(2)8-17(10)22(19,20)13-4-5-14-12(7-13)3-6-15(18)16-14/h4-5,7,10-11H,3,6,8-9H2,1-2H3,(H,16,18)/t10-,11+/m1/s1. The topological polar surface area (TPSA) is 75.7 Å². The summed E-state index contributed by atoms with van der Waals surface area (Å²) in [7, 11) is -3.55. The van der Waals surface area contributed by atoms with Crippen molar-refractivity contribution in [3.05, 3.63) is 23.8 Å². The smallest absolute Gasteiger partial charge is 0.243 e. The van der Waals surface area contributed by atoms with Crippen LogP contribution in [-0.2, 0) is 26.0 Å². The van der Waals surface area contributed by atoms with Gasteiger partial charge in [0.2, 0.25) is 15.9 Å². The lowest BCUT2D eigenvalue weighted by molar-refractivity contribution is -0.116. The highest BCUT2D eigenvalue weighted by molar-refractivity contribution is 7.89. The molecular formula is C15H20N2O4S. The summed E-state index contributed by atoms with van der Waals surface area (Å²) in [6.45, 7) is 4.48. The van der Waals surface area contributed by atoms with Gasteiger partial charge in [-0.25, -0.2) is 8.42 Å². The van der Waals surface area contributed by atoms with E-state index in [9.17, 15) is 13.2 Å². The molecule has 1 saturated heterocycles. The molecule has 0 bridgehead atoms. The maximum Gasteiger partial charge on any atom is 0.243 e. The predicted octanol–water partition coefficient (Wildman–Crippen LogP) is 1.37. The molecule has 2 atom stereocenters. The molecule has 6 nitrogen and oxygen atoms in total. The van der Waals surface area contributed by atoms with E-state index in [1.54, 1.807) is 18.2 Å². The lowest BCUT2D eigenvalue weighted by Gasteiger charge is -2.35. The summed E-state index contributed by atoms with van der Waals surface area (Å²) < 4.78 is 32.8. The third-order valence-corrected chi connectivity index (χ3v) is 6.11. The van der Waals surface area contributed by atoms with Gasteiger partial charge in [-0.2, -0.15) is 4.31 Å². The number of ether oxygens (including phenoxy) is 1. The van der Waals surface area contributed by atoms with E-state index in [1.807, 2.05) is 13.8 Å². The molecule has 2 aliphatic heterocycles. The van der Waals surface area contributed by atoms with Crippen LogP contribution in [0.1, 0.15) is 25.8 Å². The first-order valence-electron chi connectivity index (χ1n) is 7.44. The molecule has 0 saturated carbocycles. The molecule has 3 rings (SSSR count). The van der Waals surface area contributed by atoms with Crippen molar-refractivity contribution in [1.82, 2.24) is 4.31 Å². The van der Waals surface area contributed by atoms with Crippen LogP contribution in [0.15, 0.2) is 23.1 Å². The van der Waals surface area contributed by atoms with Gasteiger partial charge in [0.25, 0.3) is 0 Å². The third-order valence-electron chi connectivity index (χ3n) is 4.13. The van der Waals surface area contributed by atoms with Crippen LogP contribution < -0.4 is 5.32 Å². The number of benzene rings is 1. The number of nitrogens with zero attached hydrogens (tertiary/aromatic N) is 1. The highest BCUT2D eigenvalue weighted by atomic mass is 32.2. The molecule has 1 aromatic carbocycles. The zero-order chi connectivity index (χ0) is 15.9. The number of hydrogen-bond acceptors (Lipinski definition) is 4. The fraction of sp³-hybridized carbons (Fsp3) is 0.533. The van der Waals surface area contributed by atoms with Crippen molar-refractivity contribution in [2.45, 2.75) is 43.7 Å². The Labute approximate surface area is 130 Å². The first kappa shape index (κ1) is 15.5. The van der Waals surface area contributed by atoms with Crippen LogP contribution in [0.2, 0.25) is 0 Å². The Bertz CT molecular complexity index is 701. The highest BCUT2D eigenvalue weighted by Crippen LogP contribution is 2.28. The number of fused-ring (bicyclic) bond motifs is 1. The predicted molar refractivity (Wildman–Crippen MR) is 82.2 cm³/mol. The van der Waals surface area contributed by atoms with Crippen LogP contribution in [-0.4, -0.2) is 43.9 Å². The van der Waals surface area contributed by atoms with Crippen LogP contribution >= 0.6 is 0 Å². The number of morpholine rings is 1. The number of nitrogens with one attached hydrogen (secondary N) is 1. The monoisotopic (exact) mass is 324 g/mol. The summed E-state index contributed by atoms with van der Waals surface area (Å²) in [5.74, 6) is -0.0290. The summed E-state index contributed by atoms with van der Waals surface area (Å²) >= 11 is 0. The largest absolute Gasteiger partial charge is 0.375 e. The van der Waals surface area contributed by atoms with Gasteiger partial charge in [-0.1, -0.05) is 0 Å². The molecule has 0 unspecified atom stereocenters. The van der Waals surface area contributed by atoms with E-state index < -0.39 is 10.0 Å². The second-order valence-electron chi connectivity index (χ2n) is 5.93. The molecule has 7 heteroatoms. The number of carbonyl (C=O) groups excluding carboxylic acids is 1. The Morgan fingerprint density at radius 2 is 2.05 bits per heavy atom. The second kappa shape index (κ2) is 5.64. The highest BCUT2D eigenvalue weighted by Gasteiger charge is 2.34. The Balaban J connectivity index is 1.94. The van der Waals surface area contributed by atoms with Crippen molar-refractivity contribution >= 4 is 21.6 Å². The minimum Gasteiger partial charge on any atom is -0.375 e. The van der Waals surface area contributed by atoms with E-state index in [2.05, 4.69) is 5.32 Å². The van der Waals surface area contributed by atoms with E-state index in [1.165, 1.54) is 4.31 Å². The van der Waals surface area contributed by atoms with E-state index in [0.29, 0.717) is 31.7 Å². The van der Waals surface area contributed by atoms with Crippen LogP contribution in [0, 0.1) is 0 Å². The summed E-state index contributed by atoms with van der Waals surface area (Å²) in [6, 6.07) is 4.73. The zero-order valence-electron chi connectivity index (χ0n) is 12.7. The molecule has 2 heterocycles. The SMILES string of the molecule is C[C@@H]1CO[C@@H](C)CN1S(=O)(=O)c1ccc2c(c1)CCC(=O)N2. The van der Waals surface area contributed by atoms with Crippen LogP contribution in [0.5, 0.6) is 0 Å². The van der Waals surface area contributed by atoms with Gasteiger partial charge in [0.1, 0.15) is 0 Å². The number of rotatable bonds is 2. The molecule has 0 aliphatic carbocycles. The Kier molecular flexibility index (Phi) is 3.96. The van der Waals surface area contributed by atoms with E-state index in [4.69, 9.17) is 4.74 Å². The number of aryl methyl sites for hydroxylation is 1. The number of sulfonamides is 1. The minimum absolute atomic E-state index is 0.0290. The molecule has 120 valence electrons. The number of carbonyl (C=O) groups is 1. The van der Waals surface area contributed by atoms with Gasteiger partial charge in [-0.05, 0) is 44.0 Å². The summed E-state index contributed by atoms with van der Waals surface area (Å²) in [4.78, 5) is 11.7. The Morgan fingerprint density at radius 3 is 2.82 bits per heavy atom. The van der Waals surface area contributed by atoms with Crippen molar-refractivity contribution in [2.75, 3.05) is 18.5 Å². The summed E-state index contributed by atoms with van der Waals surface area (Å²) in [6.07, 6.45) is 0.851. The van der Waals surface area contributed by atoms with Gasteiger partial charge in [0.05, 0.1) is 17.6 Å². The lowest BCUT2D eigenvalue weighted by Crippen LogP contribution is -2.50. The molecule has 1 aromatic rings. The quantitative estimate of drug-likeness (QED) is 0.891. The fourth-order valence-corrected chi connectivity index (χ4v) is 4.61. The van der Waals surface area contributed by atoms with Gasteiger partial charge >= 0.3 is 0 Å². The molecule has 0 aromatic heterocycles. The fourth-order valence-electron chi connectivity index (χ4n) is 2.86. The molecule has 22 heavy (non-hydrogen) atoms. The Morgan fingerprint density at radius 1 is 1.27 bits per heavy atom. The maximum absolute atomic E-state index is 12.9. The van der Waals surface area contributed by atoms with Crippen LogP contribution in [0.4, 0.5) is 5.69 Å². The van der Waals surface area contributed by atoms with Crippen molar-refractivity contribution < 1.29 is 17.9 Å². The molecule has 0 spiro atoms. The van der Waals surface area contributed by atoms with Crippen molar-refractivity contribution in [3.63, 3.8) is 0 Å².